The molecule has 0 aromatic rings. The average molecular weight is 469 g/mol. The van der Waals surface area contributed by atoms with Gasteiger partial charge in [0.05, 0.1) is 12.1 Å². The second-order valence-electron chi connectivity index (χ2n) is 10.1. The lowest BCUT2D eigenvalue weighted by Crippen LogP contribution is -2.58. The van der Waals surface area contributed by atoms with Gasteiger partial charge >= 0.3 is 0 Å². The maximum absolute atomic E-state index is 13.5. The topological polar surface area (TPSA) is 81.8 Å². The van der Waals surface area contributed by atoms with Crippen molar-refractivity contribution in [2.24, 2.45) is 11.8 Å². The lowest BCUT2D eigenvalue weighted by Gasteiger charge is -2.39. The van der Waals surface area contributed by atoms with Crippen molar-refractivity contribution in [3.05, 3.63) is 11.6 Å². The number of rotatable bonds is 11. The van der Waals surface area contributed by atoms with E-state index in [0.29, 0.717) is 5.57 Å². The molecule has 0 aromatic carbocycles. The second-order valence-corrected chi connectivity index (χ2v) is 10.1. The molecule has 1 heterocycles. The normalized spacial score (nSPS) is 19.5. The Bertz CT molecular complexity index is 693. The minimum absolute atomic E-state index is 0.0405. The minimum atomic E-state index is -0.659. The Morgan fingerprint density at radius 2 is 1.73 bits per heavy atom. The molecule has 1 aliphatic rings. The van der Waals surface area contributed by atoms with Crippen molar-refractivity contribution in [2.75, 3.05) is 26.8 Å². The molecule has 1 rings (SSSR count). The van der Waals surface area contributed by atoms with Gasteiger partial charge in [0.25, 0.3) is 0 Å². The van der Waals surface area contributed by atoms with Gasteiger partial charge in [0.15, 0.2) is 0 Å². The van der Waals surface area contributed by atoms with Crippen LogP contribution in [0.1, 0.15) is 67.7 Å². The number of likely N-dealkylation sites (N-methyl/N-ethyl adjacent to an activating group) is 1. The summed E-state index contributed by atoms with van der Waals surface area (Å²) in [7, 11) is 1.71. The smallest absolute Gasteiger partial charge is 0.246 e. The summed E-state index contributed by atoms with van der Waals surface area (Å²) in [4.78, 5) is 42.7. The van der Waals surface area contributed by atoms with Crippen LogP contribution in [-0.2, 0) is 14.4 Å². The standard InChI is InChI=1S/C25H45FN4O3/c1-16(2)21(15-19(7)23(31)27-13-12-26)29(8)25(33)22(17(3)4)28-24(32)20-11-9-10-14-30(20)18(5)6/h15-18,20-22H,9-14H2,1-8H3,(H,27,31)(H,28,32)/t20?,21-,22+/m1/s1. The van der Waals surface area contributed by atoms with Crippen LogP contribution in [0.5, 0.6) is 0 Å². The number of hydrogen-bond donors (Lipinski definition) is 2. The number of amides is 3. The van der Waals surface area contributed by atoms with E-state index in [0.717, 1.165) is 25.8 Å². The molecule has 190 valence electrons. The first-order valence-electron chi connectivity index (χ1n) is 12.3. The van der Waals surface area contributed by atoms with Crippen molar-refractivity contribution in [3.8, 4) is 0 Å². The van der Waals surface area contributed by atoms with Crippen LogP contribution in [0, 0.1) is 11.8 Å². The molecule has 1 fully saturated rings. The molecule has 8 heteroatoms. The minimum Gasteiger partial charge on any atom is -0.350 e. The maximum atomic E-state index is 13.5. The number of carbonyl (C=O) groups is 3. The molecule has 1 saturated heterocycles. The Hall–Kier alpha value is -1.96. The van der Waals surface area contributed by atoms with Crippen LogP contribution in [0.15, 0.2) is 11.6 Å². The van der Waals surface area contributed by atoms with E-state index in [1.807, 2.05) is 27.7 Å². The number of alkyl halides is 1. The van der Waals surface area contributed by atoms with Crippen LogP contribution >= 0.6 is 0 Å². The molecule has 1 aliphatic heterocycles. The van der Waals surface area contributed by atoms with Crippen molar-refractivity contribution in [1.82, 2.24) is 20.4 Å². The van der Waals surface area contributed by atoms with Crippen molar-refractivity contribution >= 4 is 17.7 Å². The molecule has 0 aromatic heterocycles. The summed E-state index contributed by atoms with van der Waals surface area (Å²) in [6.07, 6.45) is 4.63. The Morgan fingerprint density at radius 3 is 2.24 bits per heavy atom. The summed E-state index contributed by atoms with van der Waals surface area (Å²) < 4.78 is 12.4. The lowest BCUT2D eigenvalue weighted by molar-refractivity contribution is -0.140. The number of likely N-dealkylation sites (tertiary alicyclic amines) is 1. The fraction of sp³-hybridized carbons (Fsp3) is 0.800. The summed E-state index contributed by atoms with van der Waals surface area (Å²) in [6.45, 7) is 13.9. The SMILES string of the molecule is CC(=C[C@H](C(C)C)N(C)C(=O)[C@@H](NC(=O)C1CCCCN1C(C)C)C(C)C)C(=O)NCCF. The van der Waals surface area contributed by atoms with E-state index in [1.54, 1.807) is 24.9 Å². The van der Waals surface area contributed by atoms with Gasteiger partial charge in [-0.25, -0.2) is 4.39 Å². The first-order valence-corrected chi connectivity index (χ1v) is 12.3. The number of hydrogen-bond acceptors (Lipinski definition) is 4. The van der Waals surface area contributed by atoms with E-state index in [9.17, 15) is 18.8 Å². The van der Waals surface area contributed by atoms with Gasteiger partial charge in [-0.3, -0.25) is 19.3 Å². The molecule has 0 spiro atoms. The number of nitrogens with zero attached hydrogens (tertiary/aromatic N) is 2. The van der Waals surface area contributed by atoms with Gasteiger partial charge in [-0.05, 0) is 52.0 Å². The highest BCUT2D eigenvalue weighted by atomic mass is 19.1. The van der Waals surface area contributed by atoms with Crippen LogP contribution in [-0.4, -0.2) is 78.5 Å². The van der Waals surface area contributed by atoms with Gasteiger partial charge in [0.2, 0.25) is 17.7 Å². The first kappa shape index (κ1) is 29.1. The number of piperidine rings is 1. The number of nitrogens with one attached hydrogen (secondary N) is 2. The van der Waals surface area contributed by atoms with Gasteiger partial charge < -0.3 is 15.5 Å². The van der Waals surface area contributed by atoms with E-state index >= 15 is 0 Å². The van der Waals surface area contributed by atoms with E-state index < -0.39 is 12.7 Å². The monoisotopic (exact) mass is 468 g/mol. The van der Waals surface area contributed by atoms with E-state index in [1.165, 1.54) is 0 Å². The summed E-state index contributed by atoms with van der Waals surface area (Å²) in [5.74, 6) is -0.676. The number of halogens is 1. The fourth-order valence-electron chi connectivity index (χ4n) is 4.37. The van der Waals surface area contributed by atoms with Crippen LogP contribution in [0.2, 0.25) is 0 Å². The molecule has 0 aliphatic carbocycles. The molecule has 0 bridgehead atoms. The summed E-state index contributed by atoms with van der Waals surface area (Å²) >= 11 is 0. The van der Waals surface area contributed by atoms with Crippen molar-refractivity contribution in [2.45, 2.75) is 91.9 Å². The largest absolute Gasteiger partial charge is 0.350 e. The van der Waals surface area contributed by atoms with Crippen molar-refractivity contribution in [3.63, 3.8) is 0 Å². The van der Waals surface area contributed by atoms with E-state index in [2.05, 4.69) is 29.4 Å². The molecule has 2 N–H and O–H groups in total. The quantitative estimate of drug-likeness (QED) is 0.457. The van der Waals surface area contributed by atoms with Gasteiger partial charge in [-0.2, -0.15) is 0 Å². The predicted molar refractivity (Wildman–Crippen MR) is 130 cm³/mol. The van der Waals surface area contributed by atoms with E-state index in [-0.39, 0.29) is 54.2 Å². The molecular weight excluding hydrogens is 423 g/mol. The Morgan fingerprint density at radius 1 is 1.09 bits per heavy atom. The fourth-order valence-corrected chi connectivity index (χ4v) is 4.37. The third kappa shape index (κ3) is 8.40. The maximum Gasteiger partial charge on any atom is 0.246 e. The zero-order chi connectivity index (χ0) is 25.3. The van der Waals surface area contributed by atoms with Crippen LogP contribution < -0.4 is 10.6 Å². The lowest BCUT2D eigenvalue weighted by atomic mass is 9.95. The molecule has 33 heavy (non-hydrogen) atoms. The Labute approximate surface area is 199 Å². The molecule has 1 unspecified atom stereocenters. The third-order valence-electron chi connectivity index (χ3n) is 6.38. The Balaban J connectivity index is 3.03. The molecule has 0 radical (unpaired) electrons. The molecule has 7 nitrogen and oxygen atoms in total. The molecule has 0 saturated carbocycles. The van der Waals surface area contributed by atoms with Gasteiger partial charge in [-0.1, -0.05) is 40.2 Å². The van der Waals surface area contributed by atoms with Crippen LogP contribution in [0.3, 0.4) is 0 Å². The van der Waals surface area contributed by atoms with E-state index in [4.69, 9.17) is 0 Å². The third-order valence-corrected chi connectivity index (χ3v) is 6.38. The van der Waals surface area contributed by atoms with Crippen molar-refractivity contribution < 1.29 is 18.8 Å². The Kier molecular flexibility index (Phi) is 12.0. The predicted octanol–water partition coefficient (Wildman–Crippen LogP) is 2.91. The van der Waals surface area contributed by atoms with Crippen molar-refractivity contribution in [1.29, 1.82) is 0 Å². The summed E-state index contributed by atoms with van der Waals surface area (Å²) in [5, 5.41) is 5.55. The highest BCUT2D eigenvalue weighted by Gasteiger charge is 2.35. The molecule has 3 atom stereocenters. The molecular formula is C25H45FN4O3. The summed E-state index contributed by atoms with van der Waals surface area (Å²) in [5.41, 5.74) is 0.432. The van der Waals surface area contributed by atoms with Gasteiger partial charge in [0.1, 0.15) is 12.7 Å². The highest BCUT2D eigenvalue weighted by molar-refractivity contribution is 5.93. The summed E-state index contributed by atoms with van der Waals surface area (Å²) in [6, 6.07) is -0.957. The average Bonchev–Trinajstić information content (AvgIpc) is 2.77. The number of carbonyl (C=O) groups excluding carboxylic acids is 3. The van der Waals surface area contributed by atoms with Gasteiger partial charge in [0, 0.05) is 25.2 Å². The zero-order valence-corrected chi connectivity index (χ0v) is 21.8. The van der Waals surface area contributed by atoms with Crippen LogP contribution in [0.25, 0.3) is 0 Å². The highest BCUT2D eigenvalue weighted by Crippen LogP contribution is 2.21. The first-order chi connectivity index (χ1) is 15.4. The van der Waals surface area contributed by atoms with Gasteiger partial charge in [-0.15, -0.1) is 0 Å². The second kappa shape index (κ2) is 13.7. The molecule has 3 amide bonds. The zero-order valence-electron chi connectivity index (χ0n) is 21.8. The van der Waals surface area contributed by atoms with Crippen LogP contribution in [0.4, 0.5) is 4.39 Å².